The van der Waals surface area contributed by atoms with Gasteiger partial charge in [-0.2, -0.15) is 0 Å². The highest BCUT2D eigenvalue weighted by atomic mass is 13.9. The SMILES string of the molecule is C#CC/C(=C\C=C)CC. The van der Waals surface area contributed by atoms with Gasteiger partial charge in [-0.15, -0.1) is 12.3 Å². The predicted octanol–water partition coefficient (Wildman–Crippen LogP) is 2.53. The Kier molecular flexibility index (Phi) is 4.63. The number of terminal acetylenes is 1. The van der Waals surface area contributed by atoms with Crippen LogP contribution in [0, 0.1) is 12.3 Å². The van der Waals surface area contributed by atoms with Crippen LogP contribution in [0.5, 0.6) is 0 Å². The van der Waals surface area contributed by atoms with E-state index in [1.54, 1.807) is 6.08 Å². The molecule has 0 aromatic heterocycles. The second kappa shape index (κ2) is 5.18. The molecular weight excluding hydrogens is 108 g/mol. The molecule has 0 aliphatic carbocycles. The third-order valence-electron chi connectivity index (χ3n) is 1.14. The first-order chi connectivity index (χ1) is 4.35. The molecule has 0 rings (SSSR count). The highest BCUT2D eigenvalue weighted by molar-refractivity contribution is 5.15. The van der Waals surface area contributed by atoms with Gasteiger partial charge in [-0.25, -0.2) is 0 Å². The van der Waals surface area contributed by atoms with Crippen molar-refractivity contribution in [1.82, 2.24) is 0 Å². The largest absolute Gasteiger partial charge is 0.120 e. The molecule has 9 heavy (non-hydrogen) atoms. The summed E-state index contributed by atoms with van der Waals surface area (Å²) < 4.78 is 0. The zero-order valence-electron chi connectivity index (χ0n) is 5.85. The van der Waals surface area contributed by atoms with Gasteiger partial charge < -0.3 is 0 Å². The van der Waals surface area contributed by atoms with Gasteiger partial charge in [0.2, 0.25) is 0 Å². The van der Waals surface area contributed by atoms with Crippen molar-refractivity contribution < 1.29 is 0 Å². The van der Waals surface area contributed by atoms with Crippen LogP contribution in [0.15, 0.2) is 24.3 Å². The number of allylic oxidation sites excluding steroid dienone is 3. The Morgan fingerprint density at radius 2 is 2.44 bits per heavy atom. The third kappa shape index (κ3) is 3.61. The second-order valence-electron chi connectivity index (χ2n) is 1.80. The summed E-state index contributed by atoms with van der Waals surface area (Å²) in [7, 11) is 0. The van der Waals surface area contributed by atoms with Crippen LogP contribution in [0.2, 0.25) is 0 Å². The van der Waals surface area contributed by atoms with Crippen LogP contribution in [-0.2, 0) is 0 Å². The number of hydrogen-bond acceptors (Lipinski definition) is 0. The third-order valence-corrected chi connectivity index (χ3v) is 1.14. The van der Waals surface area contributed by atoms with Crippen LogP contribution in [0.25, 0.3) is 0 Å². The van der Waals surface area contributed by atoms with E-state index in [4.69, 9.17) is 6.42 Å². The molecule has 0 nitrogen and oxygen atoms in total. The molecule has 0 saturated heterocycles. The van der Waals surface area contributed by atoms with E-state index in [9.17, 15) is 0 Å². The molecule has 0 heterocycles. The lowest BCUT2D eigenvalue weighted by atomic mass is 10.1. The molecule has 0 atom stereocenters. The summed E-state index contributed by atoms with van der Waals surface area (Å²) in [6.07, 6.45) is 10.6. The van der Waals surface area contributed by atoms with Crippen LogP contribution in [-0.4, -0.2) is 0 Å². The summed E-state index contributed by atoms with van der Waals surface area (Å²) in [5.41, 5.74) is 1.27. The van der Waals surface area contributed by atoms with Crippen molar-refractivity contribution in [2.75, 3.05) is 0 Å². The first-order valence-corrected chi connectivity index (χ1v) is 3.09. The van der Waals surface area contributed by atoms with E-state index in [0.717, 1.165) is 12.8 Å². The van der Waals surface area contributed by atoms with E-state index in [-0.39, 0.29) is 0 Å². The monoisotopic (exact) mass is 120 g/mol. The van der Waals surface area contributed by atoms with E-state index in [1.165, 1.54) is 5.57 Å². The van der Waals surface area contributed by atoms with Gasteiger partial charge in [-0.05, 0) is 6.42 Å². The summed E-state index contributed by atoms with van der Waals surface area (Å²) in [5, 5.41) is 0. The Hall–Kier alpha value is -0.960. The Bertz CT molecular complexity index is 144. The molecule has 0 aromatic carbocycles. The Balaban J connectivity index is 3.84. The van der Waals surface area contributed by atoms with E-state index < -0.39 is 0 Å². The molecule has 0 spiro atoms. The Labute approximate surface area is 57.3 Å². The molecule has 0 N–H and O–H groups in total. The molecule has 0 unspecified atom stereocenters. The number of rotatable bonds is 3. The van der Waals surface area contributed by atoms with Crippen LogP contribution in [0.1, 0.15) is 19.8 Å². The lowest BCUT2D eigenvalue weighted by molar-refractivity contribution is 1.05. The maximum Gasteiger partial charge on any atom is 0.0299 e. The van der Waals surface area contributed by atoms with Gasteiger partial charge in [0.15, 0.2) is 0 Å². The summed E-state index contributed by atoms with van der Waals surface area (Å²) >= 11 is 0. The van der Waals surface area contributed by atoms with Gasteiger partial charge in [0.05, 0.1) is 0 Å². The topological polar surface area (TPSA) is 0 Å². The first-order valence-electron chi connectivity index (χ1n) is 3.09. The molecule has 0 amide bonds. The smallest absolute Gasteiger partial charge is 0.0299 e. The standard InChI is InChI=1S/C9H12/c1-4-7-9(6-3)8-5-2/h1,5,8H,2,6-7H2,3H3/b9-8-. The van der Waals surface area contributed by atoms with Gasteiger partial charge in [0.1, 0.15) is 0 Å². The van der Waals surface area contributed by atoms with Gasteiger partial charge in [0.25, 0.3) is 0 Å². The number of hydrogen-bond donors (Lipinski definition) is 0. The minimum absolute atomic E-state index is 0.752. The minimum atomic E-state index is 0.752. The fourth-order valence-electron chi connectivity index (χ4n) is 0.600. The lowest BCUT2D eigenvalue weighted by Crippen LogP contribution is -1.75. The Morgan fingerprint density at radius 3 is 2.78 bits per heavy atom. The molecule has 0 aromatic rings. The maximum atomic E-state index is 5.11. The van der Waals surface area contributed by atoms with Crippen molar-refractivity contribution >= 4 is 0 Å². The summed E-state index contributed by atoms with van der Waals surface area (Å²) in [5.74, 6) is 2.59. The summed E-state index contributed by atoms with van der Waals surface area (Å²) in [6.45, 7) is 5.68. The van der Waals surface area contributed by atoms with Crippen molar-refractivity contribution in [3.05, 3.63) is 24.3 Å². The molecular formula is C9H12. The van der Waals surface area contributed by atoms with Gasteiger partial charge in [-0.3, -0.25) is 0 Å². The molecule has 0 aliphatic heterocycles. The molecule has 0 fully saturated rings. The highest BCUT2D eigenvalue weighted by Gasteiger charge is 1.85. The predicted molar refractivity (Wildman–Crippen MR) is 42.0 cm³/mol. The molecule has 0 heteroatoms. The highest BCUT2D eigenvalue weighted by Crippen LogP contribution is 2.03. The average molecular weight is 120 g/mol. The zero-order valence-corrected chi connectivity index (χ0v) is 5.85. The van der Waals surface area contributed by atoms with Crippen molar-refractivity contribution in [3.8, 4) is 12.3 Å². The lowest BCUT2D eigenvalue weighted by Gasteiger charge is -1.93. The van der Waals surface area contributed by atoms with Crippen molar-refractivity contribution in [2.24, 2.45) is 0 Å². The molecule has 0 radical (unpaired) electrons. The maximum absolute atomic E-state index is 5.11. The zero-order chi connectivity index (χ0) is 7.11. The molecule has 48 valence electrons. The average Bonchev–Trinajstić information content (AvgIpc) is 1.88. The van der Waals surface area contributed by atoms with Gasteiger partial charge in [-0.1, -0.05) is 31.2 Å². The molecule has 0 aliphatic rings. The van der Waals surface area contributed by atoms with Crippen molar-refractivity contribution in [3.63, 3.8) is 0 Å². The van der Waals surface area contributed by atoms with E-state index in [0.29, 0.717) is 0 Å². The van der Waals surface area contributed by atoms with E-state index in [1.807, 2.05) is 6.08 Å². The normalized spacial score (nSPS) is 10.4. The minimum Gasteiger partial charge on any atom is -0.120 e. The van der Waals surface area contributed by atoms with Crippen molar-refractivity contribution in [2.45, 2.75) is 19.8 Å². The van der Waals surface area contributed by atoms with Gasteiger partial charge >= 0.3 is 0 Å². The molecule has 0 bridgehead atoms. The fraction of sp³-hybridized carbons (Fsp3) is 0.333. The van der Waals surface area contributed by atoms with Gasteiger partial charge in [0, 0.05) is 6.42 Å². The van der Waals surface area contributed by atoms with E-state index >= 15 is 0 Å². The summed E-state index contributed by atoms with van der Waals surface area (Å²) in [6, 6.07) is 0. The first kappa shape index (κ1) is 8.04. The van der Waals surface area contributed by atoms with E-state index in [2.05, 4.69) is 19.4 Å². The Morgan fingerprint density at radius 1 is 1.78 bits per heavy atom. The van der Waals surface area contributed by atoms with Crippen LogP contribution < -0.4 is 0 Å². The van der Waals surface area contributed by atoms with Crippen LogP contribution in [0.4, 0.5) is 0 Å². The second-order valence-corrected chi connectivity index (χ2v) is 1.80. The quantitative estimate of drug-likeness (QED) is 0.396. The summed E-state index contributed by atoms with van der Waals surface area (Å²) in [4.78, 5) is 0. The van der Waals surface area contributed by atoms with Crippen molar-refractivity contribution in [1.29, 1.82) is 0 Å². The van der Waals surface area contributed by atoms with Crippen LogP contribution in [0.3, 0.4) is 0 Å². The van der Waals surface area contributed by atoms with Crippen LogP contribution >= 0.6 is 0 Å². The molecule has 0 saturated carbocycles. The fourth-order valence-corrected chi connectivity index (χ4v) is 0.600.